The second-order valence-corrected chi connectivity index (χ2v) is 8.53. The monoisotopic (exact) mass is 494 g/mol. The molecule has 182 valence electrons. The number of carbonyl (C=O) groups is 1. The summed E-state index contributed by atoms with van der Waals surface area (Å²) < 4.78 is 23.8. The van der Waals surface area contributed by atoms with Crippen LogP contribution in [0.3, 0.4) is 0 Å². The molecule has 8 nitrogen and oxygen atoms in total. The van der Waals surface area contributed by atoms with E-state index in [0.29, 0.717) is 45.4 Å². The van der Waals surface area contributed by atoms with Gasteiger partial charge in [0.2, 0.25) is 0 Å². The summed E-state index contributed by atoms with van der Waals surface area (Å²) in [4.78, 5) is 31.2. The van der Waals surface area contributed by atoms with E-state index in [1.165, 1.54) is 29.2 Å². The molecule has 1 atom stereocenters. The normalized spacial score (nSPS) is 15.0. The third kappa shape index (κ3) is 4.85. The summed E-state index contributed by atoms with van der Waals surface area (Å²) in [6.07, 6.45) is 3.25. The smallest absolute Gasteiger partial charge is 0.337 e. The van der Waals surface area contributed by atoms with Crippen molar-refractivity contribution in [3.63, 3.8) is 0 Å². The van der Waals surface area contributed by atoms with Crippen molar-refractivity contribution < 1.29 is 23.7 Å². The molecule has 0 N–H and O–H groups in total. The summed E-state index contributed by atoms with van der Waals surface area (Å²) in [6.45, 7) is 4.69. The first-order chi connectivity index (χ1) is 17.0. The van der Waals surface area contributed by atoms with Crippen LogP contribution >= 0.6 is 11.3 Å². The fourth-order valence-corrected chi connectivity index (χ4v) is 4.84. The molecule has 4 rings (SSSR count). The van der Waals surface area contributed by atoms with E-state index in [1.54, 1.807) is 25.3 Å². The number of esters is 1. The molecule has 1 aliphatic heterocycles. The molecule has 0 spiro atoms. The number of nitrogens with zero attached hydrogens (tertiary/aromatic N) is 2. The first-order valence-electron chi connectivity index (χ1n) is 11.1. The van der Waals surface area contributed by atoms with Gasteiger partial charge in [-0.3, -0.25) is 9.36 Å². The zero-order valence-corrected chi connectivity index (χ0v) is 20.8. The molecule has 2 aromatic carbocycles. The summed E-state index contributed by atoms with van der Waals surface area (Å²) in [5, 5.41) is 0. The molecule has 0 bridgehead atoms. The van der Waals surface area contributed by atoms with Gasteiger partial charge in [-0.2, -0.15) is 0 Å². The van der Waals surface area contributed by atoms with Crippen LogP contribution in [0.5, 0.6) is 17.2 Å². The zero-order valence-electron chi connectivity index (χ0n) is 19.9. The van der Waals surface area contributed by atoms with Gasteiger partial charge in [0.15, 0.2) is 16.3 Å². The molecule has 0 unspecified atom stereocenters. The van der Waals surface area contributed by atoms with E-state index in [1.807, 2.05) is 44.2 Å². The fourth-order valence-electron chi connectivity index (χ4n) is 3.87. The third-order valence-corrected chi connectivity index (χ3v) is 6.40. The Morgan fingerprint density at radius 1 is 1.09 bits per heavy atom. The number of fused-ring (bicyclic) bond motifs is 1. The molecule has 9 heteroatoms. The highest BCUT2D eigenvalue weighted by molar-refractivity contribution is 7.07. The van der Waals surface area contributed by atoms with Gasteiger partial charge < -0.3 is 18.9 Å². The minimum atomic E-state index is -0.735. The Morgan fingerprint density at radius 2 is 1.86 bits per heavy atom. The van der Waals surface area contributed by atoms with E-state index in [2.05, 4.69) is 4.99 Å². The lowest BCUT2D eigenvalue weighted by atomic mass is 9.97. The fraction of sp³-hybridized carbons (Fsp3) is 0.269. The van der Waals surface area contributed by atoms with Gasteiger partial charge in [0.25, 0.3) is 5.56 Å². The maximum Gasteiger partial charge on any atom is 0.337 e. The van der Waals surface area contributed by atoms with Gasteiger partial charge in [-0.25, -0.2) is 9.79 Å². The topological polar surface area (TPSA) is 88.4 Å². The average molecular weight is 495 g/mol. The quantitative estimate of drug-likeness (QED) is 0.448. The number of ether oxygens (including phenoxy) is 4. The van der Waals surface area contributed by atoms with Crippen LogP contribution in [0.1, 0.15) is 31.0 Å². The lowest BCUT2D eigenvalue weighted by molar-refractivity contribution is -0.136. The summed E-state index contributed by atoms with van der Waals surface area (Å²) >= 11 is 1.25. The van der Waals surface area contributed by atoms with Crippen molar-refractivity contribution >= 4 is 23.4 Å². The van der Waals surface area contributed by atoms with Crippen LogP contribution in [-0.2, 0) is 9.53 Å². The second-order valence-electron chi connectivity index (χ2n) is 7.52. The first-order valence-corrected chi connectivity index (χ1v) is 11.9. The van der Waals surface area contributed by atoms with E-state index in [-0.39, 0.29) is 11.1 Å². The van der Waals surface area contributed by atoms with Crippen molar-refractivity contribution in [2.75, 3.05) is 27.4 Å². The lowest BCUT2D eigenvalue weighted by Crippen LogP contribution is -2.39. The van der Waals surface area contributed by atoms with Gasteiger partial charge in [0.1, 0.15) is 5.75 Å². The SMILES string of the molecule is CCOc1ccc([C@H]2C(C(=O)OC)=CN=c3s/c(=C\c4cccc(OC)c4)c(=O)n32)cc1OCC. The predicted octanol–water partition coefficient (Wildman–Crippen LogP) is 2.82. The van der Waals surface area contributed by atoms with Crippen LogP contribution in [0.15, 0.2) is 64.0 Å². The van der Waals surface area contributed by atoms with Gasteiger partial charge in [-0.05, 0) is 55.3 Å². The molecule has 0 saturated heterocycles. The number of rotatable bonds is 8. The number of carbonyl (C=O) groups excluding carboxylic acids is 1. The summed E-state index contributed by atoms with van der Waals surface area (Å²) in [5.74, 6) is 1.25. The Bertz CT molecular complexity index is 1450. The molecule has 0 aliphatic carbocycles. The van der Waals surface area contributed by atoms with Crippen molar-refractivity contribution in [1.82, 2.24) is 4.57 Å². The van der Waals surface area contributed by atoms with Crippen LogP contribution in [0, 0.1) is 0 Å². The van der Waals surface area contributed by atoms with Gasteiger partial charge in [-0.1, -0.05) is 29.5 Å². The van der Waals surface area contributed by atoms with Gasteiger partial charge >= 0.3 is 5.97 Å². The van der Waals surface area contributed by atoms with E-state index < -0.39 is 12.0 Å². The standard InChI is InChI=1S/C26H26N2O6S/c1-5-33-20-11-10-17(14-21(20)34-6-2)23-19(25(30)32-4)15-27-26-28(23)24(29)22(35-26)13-16-8-7-9-18(12-16)31-3/h7-15,23H,5-6H2,1-4H3/b22-13-/t23-/m0/s1. The number of thiazole rings is 1. The van der Waals surface area contributed by atoms with Crippen LogP contribution in [0.2, 0.25) is 0 Å². The number of benzene rings is 2. The zero-order chi connectivity index (χ0) is 24.9. The molecular weight excluding hydrogens is 468 g/mol. The molecule has 2 heterocycles. The molecule has 0 saturated carbocycles. The molecule has 0 amide bonds. The highest BCUT2D eigenvalue weighted by Crippen LogP contribution is 2.35. The summed E-state index contributed by atoms with van der Waals surface area (Å²) in [5.41, 5.74) is 1.48. The minimum Gasteiger partial charge on any atom is -0.497 e. The van der Waals surface area contributed by atoms with Gasteiger partial charge in [0, 0.05) is 6.20 Å². The Hall–Kier alpha value is -3.85. The van der Waals surface area contributed by atoms with Crippen molar-refractivity contribution in [1.29, 1.82) is 0 Å². The van der Waals surface area contributed by atoms with Crippen molar-refractivity contribution in [3.8, 4) is 17.2 Å². The summed E-state index contributed by atoms with van der Waals surface area (Å²) in [6, 6.07) is 12.1. The Balaban J connectivity index is 1.90. The van der Waals surface area contributed by atoms with Crippen LogP contribution in [-0.4, -0.2) is 38.0 Å². The number of methoxy groups -OCH3 is 2. The Morgan fingerprint density at radius 3 is 2.57 bits per heavy atom. The molecular formula is C26H26N2O6S. The summed E-state index contributed by atoms with van der Waals surface area (Å²) in [7, 11) is 2.90. The molecule has 3 aromatic rings. The van der Waals surface area contributed by atoms with E-state index in [9.17, 15) is 9.59 Å². The third-order valence-electron chi connectivity index (χ3n) is 5.40. The predicted molar refractivity (Wildman–Crippen MR) is 133 cm³/mol. The largest absolute Gasteiger partial charge is 0.497 e. The minimum absolute atomic E-state index is 0.249. The lowest BCUT2D eigenvalue weighted by Gasteiger charge is -2.23. The highest BCUT2D eigenvalue weighted by Gasteiger charge is 2.31. The van der Waals surface area contributed by atoms with Gasteiger partial charge in [0.05, 0.1) is 43.6 Å². The second kappa shape index (κ2) is 10.6. The van der Waals surface area contributed by atoms with Crippen LogP contribution < -0.4 is 29.1 Å². The first kappa shape index (κ1) is 24.3. The molecule has 1 aromatic heterocycles. The number of hydrogen-bond donors (Lipinski definition) is 0. The molecule has 0 fully saturated rings. The van der Waals surface area contributed by atoms with E-state index >= 15 is 0 Å². The maximum atomic E-state index is 13.6. The molecule has 35 heavy (non-hydrogen) atoms. The highest BCUT2D eigenvalue weighted by atomic mass is 32.1. The van der Waals surface area contributed by atoms with E-state index in [0.717, 1.165) is 5.56 Å². The molecule has 0 radical (unpaired) electrons. The molecule has 1 aliphatic rings. The van der Waals surface area contributed by atoms with Crippen molar-refractivity contribution in [3.05, 3.63) is 85.1 Å². The van der Waals surface area contributed by atoms with Crippen molar-refractivity contribution in [2.45, 2.75) is 19.9 Å². The number of hydrogen-bond acceptors (Lipinski definition) is 8. The van der Waals surface area contributed by atoms with Gasteiger partial charge in [-0.15, -0.1) is 0 Å². The average Bonchev–Trinajstić information content (AvgIpc) is 3.19. The maximum absolute atomic E-state index is 13.6. The Labute approximate surface area is 206 Å². The van der Waals surface area contributed by atoms with Crippen molar-refractivity contribution in [2.24, 2.45) is 4.99 Å². The van der Waals surface area contributed by atoms with Crippen LogP contribution in [0.25, 0.3) is 6.08 Å². The number of aromatic nitrogens is 1. The Kier molecular flexibility index (Phi) is 7.36. The van der Waals surface area contributed by atoms with Crippen LogP contribution in [0.4, 0.5) is 0 Å². The van der Waals surface area contributed by atoms with E-state index in [4.69, 9.17) is 18.9 Å².